The molecule has 4 heterocycles. The van der Waals surface area contributed by atoms with Crippen LogP contribution in [0.1, 0.15) is 0 Å². The first-order valence-electron chi connectivity index (χ1n) is 16.9. The zero-order valence-corrected chi connectivity index (χ0v) is 27.4. The zero-order chi connectivity index (χ0) is 32.5. The van der Waals surface area contributed by atoms with E-state index in [2.05, 4.69) is 138 Å². The summed E-state index contributed by atoms with van der Waals surface area (Å²) in [6, 6.07) is 50.0. The van der Waals surface area contributed by atoms with Crippen LogP contribution in [0.3, 0.4) is 0 Å². The van der Waals surface area contributed by atoms with Crippen LogP contribution in [0, 0.1) is 0 Å². The van der Waals surface area contributed by atoms with E-state index in [1.165, 1.54) is 64.0 Å². The first-order chi connectivity index (χ1) is 24.8. The molecule has 4 aromatic heterocycles. The van der Waals surface area contributed by atoms with E-state index in [0.717, 1.165) is 44.1 Å². The molecule has 50 heavy (non-hydrogen) atoms. The van der Waals surface area contributed by atoms with Gasteiger partial charge in [0.2, 0.25) is 5.95 Å². The number of hydrogen-bond acceptors (Lipinski definition) is 4. The van der Waals surface area contributed by atoms with Gasteiger partial charge in [0, 0.05) is 38.0 Å². The molecule has 0 spiro atoms. The van der Waals surface area contributed by atoms with Gasteiger partial charge in [-0.1, -0.05) is 115 Å². The number of thiophene rings is 1. The SMILES string of the molecule is c1ccc2c(c1)-c1cccc3c(-c4nc(-n5c6cccnc6c6c7ccccc7c7c8ccccc8sc7c65)nc5ccccc45)ccc-2c13. The summed E-state index contributed by atoms with van der Waals surface area (Å²) in [6.45, 7) is 0. The number of pyridine rings is 1. The highest BCUT2D eigenvalue weighted by atomic mass is 32.1. The van der Waals surface area contributed by atoms with Gasteiger partial charge in [0.25, 0.3) is 0 Å². The molecule has 12 rings (SSSR count). The summed E-state index contributed by atoms with van der Waals surface area (Å²) in [4.78, 5) is 15.9. The third-order valence-corrected chi connectivity index (χ3v) is 11.8. The second kappa shape index (κ2) is 9.59. The molecule has 7 aromatic carbocycles. The van der Waals surface area contributed by atoms with E-state index in [4.69, 9.17) is 15.0 Å². The van der Waals surface area contributed by atoms with Crippen molar-refractivity contribution in [2.45, 2.75) is 0 Å². The Morgan fingerprint density at radius 2 is 1.12 bits per heavy atom. The number of fused-ring (bicyclic) bond motifs is 14. The lowest BCUT2D eigenvalue weighted by Crippen LogP contribution is -2.04. The van der Waals surface area contributed by atoms with Crippen molar-refractivity contribution in [3.05, 3.63) is 146 Å². The van der Waals surface area contributed by atoms with Crippen LogP contribution in [-0.2, 0) is 0 Å². The fraction of sp³-hybridized carbons (Fsp3) is 0. The molecule has 0 bridgehead atoms. The highest BCUT2D eigenvalue weighted by Crippen LogP contribution is 2.50. The summed E-state index contributed by atoms with van der Waals surface area (Å²) in [6.07, 6.45) is 1.90. The normalized spacial score (nSPS) is 12.4. The Hall–Kier alpha value is -6.43. The Morgan fingerprint density at radius 1 is 0.460 bits per heavy atom. The lowest BCUT2D eigenvalue weighted by Gasteiger charge is -2.14. The molecule has 0 radical (unpaired) electrons. The second-order valence-corrected chi connectivity index (χ2v) is 14.2. The third-order valence-electron chi connectivity index (χ3n) is 10.6. The lowest BCUT2D eigenvalue weighted by molar-refractivity contribution is 1.02. The molecule has 0 aliphatic heterocycles. The zero-order valence-electron chi connectivity index (χ0n) is 26.6. The van der Waals surface area contributed by atoms with Gasteiger partial charge in [-0.05, 0) is 68.1 Å². The number of benzene rings is 7. The van der Waals surface area contributed by atoms with Gasteiger partial charge in [-0.15, -0.1) is 11.3 Å². The molecule has 1 aliphatic carbocycles. The number of rotatable bonds is 2. The van der Waals surface area contributed by atoms with Crippen LogP contribution in [0.15, 0.2) is 146 Å². The summed E-state index contributed by atoms with van der Waals surface area (Å²) in [5, 5.41) is 9.62. The molecule has 0 saturated carbocycles. The topological polar surface area (TPSA) is 43.6 Å². The Balaban J connectivity index is 1.25. The highest BCUT2D eigenvalue weighted by molar-refractivity contribution is 7.27. The Morgan fingerprint density at radius 3 is 1.98 bits per heavy atom. The average Bonchev–Trinajstić information content (AvgIpc) is 3.84. The van der Waals surface area contributed by atoms with Crippen molar-refractivity contribution in [3.8, 4) is 39.5 Å². The largest absolute Gasteiger partial charge is 0.275 e. The maximum Gasteiger partial charge on any atom is 0.235 e. The number of para-hydroxylation sites is 1. The first kappa shape index (κ1) is 26.5. The third kappa shape index (κ3) is 3.32. The molecule has 0 saturated heterocycles. The van der Waals surface area contributed by atoms with Crippen molar-refractivity contribution >= 4 is 85.9 Å². The molecular weight excluding hydrogens is 629 g/mol. The van der Waals surface area contributed by atoms with Gasteiger partial charge >= 0.3 is 0 Å². The van der Waals surface area contributed by atoms with Crippen molar-refractivity contribution in [3.63, 3.8) is 0 Å². The number of hydrogen-bond donors (Lipinski definition) is 0. The van der Waals surface area contributed by atoms with Crippen LogP contribution in [0.5, 0.6) is 0 Å². The monoisotopic (exact) mass is 652 g/mol. The Kier molecular flexibility index (Phi) is 5.09. The second-order valence-electron chi connectivity index (χ2n) is 13.1. The summed E-state index contributed by atoms with van der Waals surface area (Å²) in [5.41, 5.74) is 11.1. The molecule has 4 nitrogen and oxygen atoms in total. The van der Waals surface area contributed by atoms with Crippen LogP contribution in [0.4, 0.5) is 0 Å². The summed E-state index contributed by atoms with van der Waals surface area (Å²) < 4.78 is 4.76. The summed E-state index contributed by atoms with van der Waals surface area (Å²) in [7, 11) is 0. The predicted octanol–water partition coefficient (Wildman–Crippen LogP) is 12.1. The highest BCUT2D eigenvalue weighted by Gasteiger charge is 2.26. The van der Waals surface area contributed by atoms with E-state index in [0.29, 0.717) is 5.95 Å². The van der Waals surface area contributed by atoms with Crippen molar-refractivity contribution < 1.29 is 0 Å². The minimum atomic E-state index is 0.646. The quantitative estimate of drug-likeness (QED) is 0.187. The van der Waals surface area contributed by atoms with Crippen molar-refractivity contribution in [2.75, 3.05) is 0 Å². The van der Waals surface area contributed by atoms with Crippen LogP contribution in [0.2, 0.25) is 0 Å². The fourth-order valence-electron chi connectivity index (χ4n) is 8.58. The molecule has 230 valence electrons. The van der Waals surface area contributed by atoms with Gasteiger partial charge in [-0.2, -0.15) is 0 Å². The van der Waals surface area contributed by atoms with Gasteiger partial charge in [-0.25, -0.2) is 9.97 Å². The molecule has 0 unspecified atom stereocenters. The first-order valence-corrected chi connectivity index (χ1v) is 17.7. The predicted molar refractivity (Wildman–Crippen MR) is 209 cm³/mol. The molecule has 1 aliphatic rings. The van der Waals surface area contributed by atoms with Crippen LogP contribution in [0.25, 0.3) is 114 Å². The Labute approximate surface area is 289 Å². The summed E-state index contributed by atoms with van der Waals surface area (Å²) >= 11 is 1.84. The van der Waals surface area contributed by atoms with Crippen molar-refractivity contribution in [1.29, 1.82) is 0 Å². The van der Waals surface area contributed by atoms with Crippen molar-refractivity contribution in [2.24, 2.45) is 0 Å². The van der Waals surface area contributed by atoms with Crippen molar-refractivity contribution in [1.82, 2.24) is 19.5 Å². The maximum atomic E-state index is 5.56. The standard InChI is InChI=1S/C45H24N4S/c1-2-12-26-25(11-1)27-17-9-18-30-32(23-22-31(26)38(27)30)41-33-15-5-7-19-35(33)47-45(48-41)49-36-20-10-24-46-42(36)40-29-14-4-3-13-28(29)39-34-16-6-8-21-37(34)50-44(39)43(40)49/h1-24H. The molecule has 11 aromatic rings. The van der Waals surface area contributed by atoms with E-state index < -0.39 is 0 Å². The van der Waals surface area contributed by atoms with Gasteiger partial charge < -0.3 is 0 Å². The summed E-state index contributed by atoms with van der Waals surface area (Å²) in [5.74, 6) is 0.646. The van der Waals surface area contributed by atoms with Crippen LogP contribution in [-0.4, -0.2) is 19.5 Å². The molecule has 5 heteroatoms. The minimum absolute atomic E-state index is 0.646. The lowest BCUT2D eigenvalue weighted by atomic mass is 9.95. The number of nitrogens with zero attached hydrogens (tertiary/aromatic N) is 4. The van der Waals surface area contributed by atoms with E-state index in [9.17, 15) is 0 Å². The molecule has 0 fully saturated rings. The van der Waals surface area contributed by atoms with E-state index >= 15 is 0 Å². The van der Waals surface area contributed by atoms with Crippen LogP contribution >= 0.6 is 11.3 Å². The maximum absolute atomic E-state index is 5.56. The Bertz CT molecular complexity index is 3250. The molecule has 0 amide bonds. The minimum Gasteiger partial charge on any atom is -0.275 e. The smallest absolute Gasteiger partial charge is 0.235 e. The van der Waals surface area contributed by atoms with E-state index in [-0.39, 0.29) is 0 Å². The molecule has 0 N–H and O–H groups in total. The van der Waals surface area contributed by atoms with Gasteiger partial charge in [0.05, 0.1) is 32.5 Å². The van der Waals surface area contributed by atoms with Gasteiger partial charge in [-0.3, -0.25) is 9.55 Å². The van der Waals surface area contributed by atoms with Gasteiger partial charge in [0.1, 0.15) is 0 Å². The fourth-order valence-corrected chi connectivity index (χ4v) is 9.83. The number of aromatic nitrogens is 4. The van der Waals surface area contributed by atoms with Gasteiger partial charge in [0.15, 0.2) is 0 Å². The average molecular weight is 653 g/mol. The van der Waals surface area contributed by atoms with E-state index in [1.54, 1.807) is 0 Å². The molecule has 0 atom stereocenters. The van der Waals surface area contributed by atoms with E-state index in [1.807, 2.05) is 23.6 Å². The van der Waals surface area contributed by atoms with Crippen LogP contribution < -0.4 is 0 Å². The molecular formula is C45H24N4S.